The first-order chi connectivity index (χ1) is 10.1. The van der Waals surface area contributed by atoms with Gasteiger partial charge >= 0.3 is 11.6 Å². The number of esters is 1. The van der Waals surface area contributed by atoms with Crippen molar-refractivity contribution in [2.45, 2.75) is 20.0 Å². The number of rotatable bonds is 2. The van der Waals surface area contributed by atoms with Gasteiger partial charge in [0, 0.05) is 5.39 Å². The lowest BCUT2D eigenvalue weighted by molar-refractivity contribution is 0.0373. The third-order valence-electron chi connectivity index (χ3n) is 3.20. The molecule has 21 heavy (non-hydrogen) atoms. The van der Waals surface area contributed by atoms with Crippen molar-refractivity contribution >= 4 is 27.7 Å². The van der Waals surface area contributed by atoms with Crippen LogP contribution >= 0.6 is 0 Å². The van der Waals surface area contributed by atoms with Crippen LogP contribution in [0.3, 0.4) is 0 Å². The van der Waals surface area contributed by atoms with Crippen LogP contribution in [-0.4, -0.2) is 12.1 Å². The Morgan fingerprint density at radius 1 is 1.10 bits per heavy atom. The average Bonchev–Trinajstić information content (AvgIpc) is 2.45. The van der Waals surface area contributed by atoms with Crippen molar-refractivity contribution < 1.29 is 13.9 Å². The molecule has 0 saturated carbocycles. The van der Waals surface area contributed by atoms with Crippen LogP contribution in [0, 0.1) is 0 Å². The second-order valence-corrected chi connectivity index (χ2v) is 5.10. The summed E-state index contributed by atoms with van der Waals surface area (Å²) < 4.78 is 10.3. The van der Waals surface area contributed by atoms with E-state index in [1.165, 1.54) is 0 Å². The molecule has 3 aromatic rings. The van der Waals surface area contributed by atoms with Gasteiger partial charge in [0.05, 0.1) is 6.10 Å². The Labute approximate surface area is 120 Å². The first kappa shape index (κ1) is 13.4. The molecule has 0 unspecified atom stereocenters. The Balaban J connectivity index is 2.27. The first-order valence-corrected chi connectivity index (χ1v) is 6.73. The van der Waals surface area contributed by atoms with Crippen LogP contribution in [0.2, 0.25) is 0 Å². The van der Waals surface area contributed by atoms with Gasteiger partial charge in [-0.1, -0.05) is 30.3 Å². The highest BCUT2D eigenvalue weighted by Crippen LogP contribution is 2.25. The highest BCUT2D eigenvalue weighted by molar-refractivity contribution is 6.07. The predicted molar refractivity (Wildman–Crippen MR) is 80.5 cm³/mol. The SMILES string of the molecule is CC(C)OC(=O)c1cc2c(ccc3ccccc32)oc1=O. The van der Waals surface area contributed by atoms with E-state index < -0.39 is 11.6 Å². The molecule has 0 radical (unpaired) electrons. The number of carbonyl (C=O) groups is 1. The van der Waals surface area contributed by atoms with Crippen molar-refractivity contribution in [2.24, 2.45) is 0 Å². The number of hydrogen-bond donors (Lipinski definition) is 0. The van der Waals surface area contributed by atoms with Crippen molar-refractivity contribution in [2.75, 3.05) is 0 Å². The summed E-state index contributed by atoms with van der Waals surface area (Å²) in [6.45, 7) is 3.46. The average molecular weight is 282 g/mol. The molecule has 1 aromatic heterocycles. The number of carbonyl (C=O) groups excluding carboxylic acids is 1. The molecule has 0 saturated heterocycles. The minimum Gasteiger partial charge on any atom is -0.459 e. The van der Waals surface area contributed by atoms with Gasteiger partial charge < -0.3 is 9.15 Å². The number of fused-ring (bicyclic) bond motifs is 3. The van der Waals surface area contributed by atoms with Gasteiger partial charge in [0.15, 0.2) is 0 Å². The van der Waals surface area contributed by atoms with Gasteiger partial charge in [0.2, 0.25) is 0 Å². The summed E-state index contributed by atoms with van der Waals surface area (Å²) in [5.41, 5.74) is -0.296. The van der Waals surface area contributed by atoms with Gasteiger partial charge in [-0.2, -0.15) is 0 Å². The molecule has 0 atom stereocenters. The first-order valence-electron chi connectivity index (χ1n) is 6.73. The third-order valence-corrected chi connectivity index (χ3v) is 3.20. The Kier molecular flexibility index (Phi) is 3.22. The molecule has 0 N–H and O–H groups in total. The van der Waals surface area contributed by atoms with E-state index in [1.807, 2.05) is 30.3 Å². The predicted octanol–water partition coefficient (Wildman–Crippen LogP) is 3.51. The van der Waals surface area contributed by atoms with Crippen LogP contribution < -0.4 is 5.63 Å². The van der Waals surface area contributed by atoms with Crippen LogP contribution in [0.15, 0.2) is 51.7 Å². The summed E-state index contributed by atoms with van der Waals surface area (Å²) in [6, 6.07) is 12.9. The molecule has 0 amide bonds. The second kappa shape index (κ2) is 5.05. The van der Waals surface area contributed by atoms with E-state index in [0.29, 0.717) is 5.58 Å². The molecule has 0 aliphatic rings. The summed E-state index contributed by atoms with van der Waals surface area (Å²) in [5.74, 6) is -0.659. The fourth-order valence-electron chi connectivity index (χ4n) is 2.29. The van der Waals surface area contributed by atoms with Crippen molar-refractivity contribution in [1.82, 2.24) is 0 Å². The minimum absolute atomic E-state index is 0.0763. The molecule has 1 heterocycles. The van der Waals surface area contributed by atoms with Crippen LogP contribution in [-0.2, 0) is 4.74 Å². The molecule has 3 rings (SSSR count). The molecule has 106 valence electrons. The fourth-order valence-corrected chi connectivity index (χ4v) is 2.29. The zero-order chi connectivity index (χ0) is 15.0. The maximum Gasteiger partial charge on any atom is 0.351 e. The molecule has 0 aliphatic heterocycles. The molecule has 4 heteroatoms. The van der Waals surface area contributed by atoms with Crippen molar-refractivity contribution in [1.29, 1.82) is 0 Å². The van der Waals surface area contributed by atoms with E-state index >= 15 is 0 Å². The normalized spacial score (nSPS) is 11.2. The summed E-state index contributed by atoms with van der Waals surface area (Å²) in [7, 11) is 0. The van der Waals surface area contributed by atoms with Gasteiger partial charge in [-0.05, 0) is 36.8 Å². The van der Waals surface area contributed by atoms with Gasteiger partial charge in [0.1, 0.15) is 11.1 Å². The van der Waals surface area contributed by atoms with Gasteiger partial charge in [-0.15, -0.1) is 0 Å². The van der Waals surface area contributed by atoms with Crippen LogP contribution in [0.4, 0.5) is 0 Å². The number of hydrogen-bond acceptors (Lipinski definition) is 4. The number of ether oxygens (including phenoxy) is 1. The van der Waals surface area contributed by atoms with Gasteiger partial charge in [-0.25, -0.2) is 9.59 Å². The van der Waals surface area contributed by atoms with E-state index in [-0.39, 0.29) is 11.7 Å². The van der Waals surface area contributed by atoms with Gasteiger partial charge in [-0.3, -0.25) is 0 Å². The molecule has 4 nitrogen and oxygen atoms in total. The summed E-state index contributed by atoms with van der Waals surface area (Å²) >= 11 is 0. The Morgan fingerprint density at radius 2 is 1.86 bits per heavy atom. The van der Waals surface area contributed by atoms with E-state index in [1.54, 1.807) is 26.0 Å². The molecule has 2 aromatic carbocycles. The van der Waals surface area contributed by atoms with E-state index in [2.05, 4.69) is 0 Å². The standard InChI is InChI=1S/C17H14O4/c1-10(2)20-16(18)14-9-13-12-6-4-3-5-11(12)7-8-15(13)21-17(14)19/h3-10H,1-2H3. The lowest BCUT2D eigenvalue weighted by atomic mass is 10.0. The Morgan fingerprint density at radius 3 is 2.62 bits per heavy atom. The largest absolute Gasteiger partial charge is 0.459 e. The summed E-state index contributed by atoms with van der Waals surface area (Å²) in [5, 5.41) is 2.67. The maximum absolute atomic E-state index is 12.0. The molecule has 0 spiro atoms. The van der Waals surface area contributed by atoms with Crippen LogP contribution in [0.25, 0.3) is 21.7 Å². The molecule has 0 fully saturated rings. The lowest BCUT2D eigenvalue weighted by Gasteiger charge is -2.08. The maximum atomic E-state index is 12.0. The number of benzene rings is 2. The van der Waals surface area contributed by atoms with E-state index in [4.69, 9.17) is 9.15 Å². The van der Waals surface area contributed by atoms with Crippen LogP contribution in [0.5, 0.6) is 0 Å². The van der Waals surface area contributed by atoms with Crippen molar-refractivity contribution in [3.63, 3.8) is 0 Å². The lowest BCUT2D eigenvalue weighted by Crippen LogP contribution is -2.19. The highest BCUT2D eigenvalue weighted by atomic mass is 16.5. The van der Waals surface area contributed by atoms with E-state index in [0.717, 1.165) is 16.2 Å². The smallest absolute Gasteiger partial charge is 0.351 e. The fraction of sp³-hybridized carbons (Fsp3) is 0.176. The molecular formula is C17H14O4. The molecule has 0 aliphatic carbocycles. The van der Waals surface area contributed by atoms with Crippen molar-refractivity contribution in [3.8, 4) is 0 Å². The van der Waals surface area contributed by atoms with E-state index in [9.17, 15) is 9.59 Å². The minimum atomic E-state index is -0.677. The summed E-state index contributed by atoms with van der Waals surface area (Å²) in [4.78, 5) is 23.9. The summed E-state index contributed by atoms with van der Waals surface area (Å²) in [6.07, 6.45) is -0.292. The van der Waals surface area contributed by atoms with Crippen LogP contribution in [0.1, 0.15) is 24.2 Å². The van der Waals surface area contributed by atoms with Crippen molar-refractivity contribution in [3.05, 3.63) is 58.4 Å². The zero-order valence-corrected chi connectivity index (χ0v) is 11.8. The second-order valence-electron chi connectivity index (χ2n) is 5.10. The topological polar surface area (TPSA) is 56.5 Å². The zero-order valence-electron chi connectivity index (χ0n) is 11.8. The quantitative estimate of drug-likeness (QED) is 0.410. The Hall–Kier alpha value is -2.62. The van der Waals surface area contributed by atoms with Gasteiger partial charge in [0.25, 0.3) is 0 Å². The molecular weight excluding hydrogens is 268 g/mol. The Bertz CT molecular complexity index is 890. The highest BCUT2D eigenvalue weighted by Gasteiger charge is 2.17. The molecule has 0 bridgehead atoms. The monoisotopic (exact) mass is 282 g/mol. The third kappa shape index (κ3) is 2.40.